The molecule has 0 aromatic rings. The Balaban J connectivity index is 4.68. The molecule has 0 fully saturated rings. The summed E-state index contributed by atoms with van der Waals surface area (Å²) in [6.07, 6.45) is 2.73. The zero-order valence-corrected chi connectivity index (χ0v) is 11.7. The van der Waals surface area contributed by atoms with Crippen molar-refractivity contribution in [3.63, 3.8) is 0 Å². The number of rotatable bonds is 8. The Bertz CT molecular complexity index is 155. The van der Waals surface area contributed by atoms with Crippen molar-refractivity contribution < 1.29 is 13.9 Å². The van der Waals surface area contributed by atoms with Gasteiger partial charge in [-0.05, 0) is 20.3 Å². The lowest BCUT2D eigenvalue weighted by Crippen LogP contribution is -2.45. The van der Waals surface area contributed by atoms with Gasteiger partial charge in [0.25, 0.3) is 5.97 Å². The van der Waals surface area contributed by atoms with Gasteiger partial charge in [-0.25, -0.2) is 0 Å². The molecule has 0 aliphatic heterocycles. The van der Waals surface area contributed by atoms with Gasteiger partial charge in [0.05, 0.1) is 5.92 Å². The summed E-state index contributed by atoms with van der Waals surface area (Å²) in [5.41, 5.74) is 0. The normalized spacial score (nSPS) is 14.2. The molecule has 0 aliphatic carbocycles. The van der Waals surface area contributed by atoms with Crippen LogP contribution in [0, 0.1) is 5.92 Å². The van der Waals surface area contributed by atoms with Crippen LogP contribution in [0.1, 0.15) is 27.2 Å². The van der Waals surface area contributed by atoms with Crippen LogP contribution in [-0.2, 0) is 13.9 Å². The molecule has 14 heavy (non-hydrogen) atoms. The standard InChI is InChI=1S/C10H22O3Si/c1-5-9(6-2)10(13-14,11-7-3)12-8-4/h5,9H,1,6-8H2,2-4,14H3. The van der Waals surface area contributed by atoms with Crippen LogP contribution in [0.5, 0.6) is 0 Å². The average molecular weight is 218 g/mol. The quantitative estimate of drug-likeness (QED) is 0.348. The van der Waals surface area contributed by atoms with E-state index < -0.39 is 5.97 Å². The van der Waals surface area contributed by atoms with Crippen LogP contribution in [0.3, 0.4) is 0 Å². The molecule has 1 atom stereocenters. The minimum atomic E-state index is -0.897. The summed E-state index contributed by atoms with van der Waals surface area (Å²) in [7, 11) is 0.584. The van der Waals surface area contributed by atoms with Crippen molar-refractivity contribution in [1.82, 2.24) is 0 Å². The summed E-state index contributed by atoms with van der Waals surface area (Å²) in [4.78, 5) is 0. The van der Waals surface area contributed by atoms with E-state index in [1.807, 2.05) is 19.9 Å². The maximum absolute atomic E-state index is 5.58. The highest BCUT2D eigenvalue weighted by atomic mass is 28.2. The summed E-state index contributed by atoms with van der Waals surface area (Å²) in [5, 5.41) is 0. The van der Waals surface area contributed by atoms with Gasteiger partial charge in [-0.15, -0.1) is 6.58 Å². The molecule has 0 rings (SSSR count). The Morgan fingerprint density at radius 3 is 2.00 bits per heavy atom. The molecule has 0 saturated carbocycles. The molecule has 0 spiro atoms. The zero-order valence-electron chi connectivity index (χ0n) is 9.71. The lowest BCUT2D eigenvalue weighted by molar-refractivity contribution is -0.360. The average Bonchev–Trinajstić information content (AvgIpc) is 2.20. The van der Waals surface area contributed by atoms with Crippen molar-refractivity contribution in [3.8, 4) is 0 Å². The van der Waals surface area contributed by atoms with Gasteiger partial charge in [0, 0.05) is 13.2 Å². The Kier molecular flexibility index (Phi) is 7.09. The second kappa shape index (κ2) is 7.17. The van der Waals surface area contributed by atoms with Gasteiger partial charge < -0.3 is 13.9 Å². The fraction of sp³-hybridized carbons (Fsp3) is 0.800. The van der Waals surface area contributed by atoms with Gasteiger partial charge >= 0.3 is 0 Å². The van der Waals surface area contributed by atoms with E-state index in [1.54, 1.807) is 0 Å². The molecule has 1 unspecified atom stereocenters. The Morgan fingerprint density at radius 2 is 1.79 bits per heavy atom. The third-order valence-electron chi connectivity index (χ3n) is 2.15. The van der Waals surface area contributed by atoms with Gasteiger partial charge in [0.15, 0.2) is 10.5 Å². The van der Waals surface area contributed by atoms with E-state index in [0.29, 0.717) is 23.7 Å². The molecule has 0 amide bonds. The molecule has 0 aliphatic rings. The van der Waals surface area contributed by atoms with E-state index in [1.165, 1.54) is 0 Å². The Labute approximate surface area is 90.0 Å². The first-order valence-corrected chi connectivity index (χ1v) is 5.97. The lowest BCUT2D eigenvalue weighted by Gasteiger charge is -2.36. The lowest BCUT2D eigenvalue weighted by atomic mass is 10.0. The van der Waals surface area contributed by atoms with Gasteiger partial charge in [-0.2, -0.15) is 0 Å². The van der Waals surface area contributed by atoms with Crippen LogP contribution >= 0.6 is 0 Å². The third kappa shape index (κ3) is 3.20. The highest BCUT2D eigenvalue weighted by molar-refractivity contribution is 5.98. The first-order valence-electron chi connectivity index (χ1n) is 5.16. The monoisotopic (exact) mass is 218 g/mol. The minimum Gasteiger partial charge on any atom is -0.380 e. The van der Waals surface area contributed by atoms with E-state index in [2.05, 4.69) is 13.5 Å². The molecule has 0 bridgehead atoms. The van der Waals surface area contributed by atoms with Crippen molar-refractivity contribution in [2.24, 2.45) is 5.92 Å². The van der Waals surface area contributed by atoms with E-state index in [-0.39, 0.29) is 5.92 Å². The van der Waals surface area contributed by atoms with Crippen LogP contribution in [0.2, 0.25) is 0 Å². The van der Waals surface area contributed by atoms with Crippen molar-refractivity contribution >= 4 is 10.5 Å². The fourth-order valence-corrected chi connectivity index (χ4v) is 2.03. The smallest absolute Gasteiger partial charge is 0.279 e. The highest BCUT2D eigenvalue weighted by Crippen LogP contribution is 2.28. The maximum Gasteiger partial charge on any atom is 0.279 e. The van der Waals surface area contributed by atoms with Crippen molar-refractivity contribution in [3.05, 3.63) is 12.7 Å². The molecular formula is C10H22O3Si. The second-order valence-corrected chi connectivity index (χ2v) is 3.33. The first kappa shape index (κ1) is 13.8. The third-order valence-corrected chi connectivity index (χ3v) is 2.72. The van der Waals surface area contributed by atoms with Crippen LogP contribution in [-0.4, -0.2) is 29.7 Å². The molecule has 0 aromatic carbocycles. The molecule has 84 valence electrons. The topological polar surface area (TPSA) is 27.7 Å². The summed E-state index contributed by atoms with van der Waals surface area (Å²) in [5.74, 6) is -0.813. The van der Waals surface area contributed by atoms with E-state index in [9.17, 15) is 0 Å². The highest BCUT2D eigenvalue weighted by Gasteiger charge is 2.37. The molecule has 4 heteroatoms. The van der Waals surface area contributed by atoms with Crippen molar-refractivity contribution in [1.29, 1.82) is 0 Å². The Morgan fingerprint density at radius 1 is 1.29 bits per heavy atom. The SMILES string of the molecule is C=CC(CC)C(O[SiH3])(OCC)OCC. The fourth-order valence-electron chi connectivity index (χ4n) is 1.49. The van der Waals surface area contributed by atoms with Crippen LogP contribution in [0.4, 0.5) is 0 Å². The number of hydrogen-bond donors (Lipinski definition) is 0. The van der Waals surface area contributed by atoms with Gasteiger partial charge in [0.2, 0.25) is 0 Å². The molecule has 0 saturated heterocycles. The van der Waals surface area contributed by atoms with E-state index >= 15 is 0 Å². The molecule has 0 heterocycles. The maximum atomic E-state index is 5.58. The van der Waals surface area contributed by atoms with Crippen LogP contribution in [0.25, 0.3) is 0 Å². The largest absolute Gasteiger partial charge is 0.380 e. The number of hydrogen-bond acceptors (Lipinski definition) is 3. The summed E-state index contributed by atoms with van der Waals surface area (Å²) in [6.45, 7) is 10.9. The minimum absolute atomic E-state index is 0.0832. The van der Waals surface area contributed by atoms with Gasteiger partial charge in [0.1, 0.15) is 0 Å². The summed E-state index contributed by atoms with van der Waals surface area (Å²) in [6, 6.07) is 0. The summed E-state index contributed by atoms with van der Waals surface area (Å²) >= 11 is 0. The molecule has 3 nitrogen and oxygen atoms in total. The van der Waals surface area contributed by atoms with Crippen molar-refractivity contribution in [2.75, 3.05) is 13.2 Å². The van der Waals surface area contributed by atoms with Gasteiger partial charge in [-0.3, -0.25) is 0 Å². The van der Waals surface area contributed by atoms with Gasteiger partial charge in [-0.1, -0.05) is 13.0 Å². The predicted octanol–water partition coefficient (Wildman–Crippen LogP) is 1.22. The van der Waals surface area contributed by atoms with E-state index in [4.69, 9.17) is 13.9 Å². The molecule has 0 aromatic heterocycles. The van der Waals surface area contributed by atoms with Crippen LogP contribution in [0.15, 0.2) is 12.7 Å². The van der Waals surface area contributed by atoms with Crippen molar-refractivity contribution in [2.45, 2.75) is 33.2 Å². The number of ether oxygens (including phenoxy) is 2. The first-order chi connectivity index (χ1) is 6.70. The predicted molar refractivity (Wildman–Crippen MR) is 61.0 cm³/mol. The summed E-state index contributed by atoms with van der Waals surface area (Å²) < 4.78 is 16.7. The zero-order chi connectivity index (χ0) is 11.0. The molecular weight excluding hydrogens is 196 g/mol. The van der Waals surface area contributed by atoms with E-state index in [0.717, 1.165) is 6.42 Å². The second-order valence-electron chi connectivity index (χ2n) is 2.92. The molecule has 0 radical (unpaired) electrons. The molecule has 0 N–H and O–H groups in total. The van der Waals surface area contributed by atoms with Crippen LogP contribution < -0.4 is 0 Å². The Hall–Kier alpha value is -0.163.